The average Bonchev–Trinajstić information content (AvgIpc) is 2.37. The van der Waals surface area contributed by atoms with Gasteiger partial charge in [0.25, 0.3) is 0 Å². The van der Waals surface area contributed by atoms with Gasteiger partial charge in [-0.15, -0.1) is 13.2 Å². The first-order chi connectivity index (χ1) is 9.46. The highest BCUT2D eigenvalue weighted by atomic mass is 19.4. The predicted octanol–water partition coefficient (Wildman–Crippen LogP) is 3.16. The van der Waals surface area contributed by atoms with E-state index in [4.69, 9.17) is 0 Å². The monoisotopic (exact) mass is 284 g/mol. The third kappa shape index (κ3) is 4.01. The molecule has 0 aliphatic rings. The first-order valence-corrected chi connectivity index (χ1v) is 5.59. The van der Waals surface area contributed by atoms with Crippen LogP contribution in [-0.2, 0) is 0 Å². The molecule has 0 saturated heterocycles. The van der Waals surface area contributed by atoms with Crippen molar-refractivity contribution < 1.29 is 17.9 Å². The number of halogens is 3. The van der Waals surface area contributed by atoms with Gasteiger partial charge in [-0.05, 0) is 12.1 Å². The predicted molar refractivity (Wildman–Crippen MR) is 68.0 cm³/mol. The zero-order chi connectivity index (χ0) is 14.6. The highest BCUT2D eigenvalue weighted by Crippen LogP contribution is 2.26. The van der Waals surface area contributed by atoms with E-state index in [9.17, 15) is 13.2 Å². The third-order valence-electron chi connectivity index (χ3n) is 2.26. The molecule has 0 unspecified atom stereocenters. The molecule has 1 aromatic heterocycles. The van der Waals surface area contributed by atoms with Crippen LogP contribution >= 0.6 is 0 Å². The Morgan fingerprint density at radius 2 is 1.85 bits per heavy atom. The van der Waals surface area contributed by atoms with Gasteiger partial charge in [-0.1, -0.05) is 6.07 Å². The second kappa shape index (κ2) is 5.64. The maximum absolute atomic E-state index is 12.1. The van der Waals surface area contributed by atoms with Crippen LogP contribution in [0.2, 0.25) is 0 Å². The maximum Gasteiger partial charge on any atom is 0.573 e. The van der Waals surface area contributed by atoms with Crippen LogP contribution in [0.4, 0.5) is 30.5 Å². The van der Waals surface area contributed by atoms with Crippen molar-refractivity contribution in [2.24, 2.45) is 0 Å². The molecule has 0 radical (unpaired) electrons. The quantitative estimate of drug-likeness (QED) is 0.903. The number of nitrogens with one attached hydrogen (secondary N) is 2. The highest BCUT2D eigenvalue weighted by Gasteiger charge is 2.31. The first-order valence-electron chi connectivity index (χ1n) is 5.59. The second-order valence-corrected chi connectivity index (χ2v) is 3.74. The number of nitrogens with zero attached hydrogens (tertiary/aromatic N) is 2. The van der Waals surface area contributed by atoms with Gasteiger partial charge in [0.15, 0.2) is 0 Å². The van der Waals surface area contributed by atoms with Gasteiger partial charge in [0.1, 0.15) is 23.7 Å². The molecular weight excluding hydrogens is 273 g/mol. The Morgan fingerprint density at radius 1 is 1.10 bits per heavy atom. The van der Waals surface area contributed by atoms with E-state index in [-0.39, 0.29) is 5.75 Å². The van der Waals surface area contributed by atoms with E-state index in [1.54, 1.807) is 19.2 Å². The van der Waals surface area contributed by atoms with Crippen LogP contribution in [0.15, 0.2) is 36.7 Å². The van der Waals surface area contributed by atoms with Crippen molar-refractivity contribution >= 4 is 17.3 Å². The van der Waals surface area contributed by atoms with Gasteiger partial charge in [-0.3, -0.25) is 0 Å². The van der Waals surface area contributed by atoms with Crippen molar-refractivity contribution in [2.45, 2.75) is 6.36 Å². The lowest BCUT2D eigenvalue weighted by Crippen LogP contribution is -2.17. The van der Waals surface area contributed by atoms with Crippen LogP contribution in [-0.4, -0.2) is 23.4 Å². The van der Waals surface area contributed by atoms with Gasteiger partial charge in [-0.2, -0.15) is 0 Å². The SMILES string of the molecule is CNc1cc(Nc2cccc(OC(F)(F)F)c2)ncn1. The summed E-state index contributed by atoms with van der Waals surface area (Å²) in [6.45, 7) is 0. The fourth-order valence-corrected chi connectivity index (χ4v) is 1.48. The summed E-state index contributed by atoms with van der Waals surface area (Å²) in [4.78, 5) is 7.89. The summed E-state index contributed by atoms with van der Waals surface area (Å²) in [6, 6.07) is 7.12. The van der Waals surface area contributed by atoms with Crippen molar-refractivity contribution in [1.29, 1.82) is 0 Å². The summed E-state index contributed by atoms with van der Waals surface area (Å²) in [7, 11) is 1.70. The molecule has 0 aliphatic heterocycles. The second-order valence-electron chi connectivity index (χ2n) is 3.74. The Labute approximate surface area is 112 Å². The van der Waals surface area contributed by atoms with Crippen LogP contribution in [0, 0.1) is 0 Å². The number of ether oxygens (including phenoxy) is 1. The number of aromatic nitrogens is 2. The van der Waals surface area contributed by atoms with Crippen molar-refractivity contribution in [1.82, 2.24) is 9.97 Å². The Kier molecular flexibility index (Phi) is 3.92. The molecule has 2 N–H and O–H groups in total. The molecule has 8 heteroatoms. The Balaban J connectivity index is 2.15. The maximum atomic E-state index is 12.1. The summed E-state index contributed by atoms with van der Waals surface area (Å²) < 4.78 is 40.2. The van der Waals surface area contributed by atoms with Crippen LogP contribution in [0.1, 0.15) is 0 Å². The number of alkyl halides is 3. The standard InChI is InChI=1S/C12H11F3N4O/c1-16-10-6-11(18-7-17-10)19-8-3-2-4-9(5-8)20-12(13,14)15/h2-7H,1H3,(H2,16,17,18,19). The van der Waals surface area contributed by atoms with Gasteiger partial charge in [0.2, 0.25) is 0 Å². The van der Waals surface area contributed by atoms with E-state index in [2.05, 4.69) is 25.3 Å². The molecule has 2 rings (SSSR count). The van der Waals surface area contributed by atoms with E-state index in [1.165, 1.54) is 24.5 Å². The van der Waals surface area contributed by atoms with E-state index < -0.39 is 6.36 Å². The summed E-state index contributed by atoms with van der Waals surface area (Å²) in [5.74, 6) is 0.740. The fourth-order valence-electron chi connectivity index (χ4n) is 1.48. The molecule has 0 spiro atoms. The Morgan fingerprint density at radius 3 is 2.55 bits per heavy atom. The fraction of sp³-hybridized carbons (Fsp3) is 0.167. The number of anilines is 3. The molecule has 20 heavy (non-hydrogen) atoms. The lowest BCUT2D eigenvalue weighted by Gasteiger charge is -2.11. The molecule has 0 amide bonds. The highest BCUT2D eigenvalue weighted by molar-refractivity contribution is 5.60. The van der Waals surface area contributed by atoms with Crippen LogP contribution in [0.3, 0.4) is 0 Å². The zero-order valence-electron chi connectivity index (χ0n) is 10.4. The number of rotatable bonds is 4. The van der Waals surface area contributed by atoms with Crippen molar-refractivity contribution in [3.05, 3.63) is 36.7 Å². The summed E-state index contributed by atoms with van der Waals surface area (Å²) in [5.41, 5.74) is 0.424. The minimum absolute atomic E-state index is 0.301. The normalized spacial score (nSPS) is 11.0. The molecular formula is C12H11F3N4O. The van der Waals surface area contributed by atoms with E-state index in [0.717, 1.165) is 0 Å². The Bertz CT molecular complexity index is 589. The minimum atomic E-state index is -4.72. The number of hydrogen-bond donors (Lipinski definition) is 2. The smallest absolute Gasteiger partial charge is 0.406 e. The molecule has 0 fully saturated rings. The van der Waals surface area contributed by atoms with Gasteiger partial charge >= 0.3 is 6.36 Å². The molecule has 106 valence electrons. The summed E-state index contributed by atoms with van der Waals surface area (Å²) in [6.07, 6.45) is -3.38. The van der Waals surface area contributed by atoms with E-state index in [1.807, 2.05) is 0 Å². The minimum Gasteiger partial charge on any atom is -0.406 e. The Hall–Kier alpha value is -2.51. The van der Waals surface area contributed by atoms with Gasteiger partial charge in [-0.25, -0.2) is 9.97 Å². The largest absolute Gasteiger partial charge is 0.573 e. The molecule has 0 atom stereocenters. The van der Waals surface area contributed by atoms with Crippen LogP contribution in [0.25, 0.3) is 0 Å². The zero-order valence-corrected chi connectivity index (χ0v) is 10.4. The number of hydrogen-bond acceptors (Lipinski definition) is 5. The van der Waals surface area contributed by atoms with Gasteiger partial charge in [0.05, 0.1) is 0 Å². The van der Waals surface area contributed by atoms with Gasteiger partial charge < -0.3 is 15.4 Å². The molecule has 5 nitrogen and oxygen atoms in total. The first kappa shape index (κ1) is 13.9. The molecule has 0 saturated carbocycles. The topological polar surface area (TPSA) is 59.1 Å². The molecule has 1 heterocycles. The van der Waals surface area contributed by atoms with Crippen molar-refractivity contribution in [3.63, 3.8) is 0 Å². The summed E-state index contributed by atoms with van der Waals surface area (Å²) >= 11 is 0. The van der Waals surface area contributed by atoms with Crippen LogP contribution < -0.4 is 15.4 Å². The molecule has 1 aromatic carbocycles. The lowest BCUT2D eigenvalue weighted by atomic mass is 10.3. The van der Waals surface area contributed by atoms with Crippen LogP contribution in [0.5, 0.6) is 5.75 Å². The number of benzene rings is 1. The molecule has 0 bridgehead atoms. The van der Waals surface area contributed by atoms with E-state index in [0.29, 0.717) is 17.3 Å². The van der Waals surface area contributed by atoms with Crippen molar-refractivity contribution in [2.75, 3.05) is 17.7 Å². The third-order valence-corrected chi connectivity index (χ3v) is 2.26. The molecule has 0 aliphatic carbocycles. The average molecular weight is 284 g/mol. The molecule has 2 aromatic rings. The lowest BCUT2D eigenvalue weighted by molar-refractivity contribution is -0.274. The van der Waals surface area contributed by atoms with E-state index >= 15 is 0 Å². The van der Waals surface area contributed by atoms with Crippen molar-refractivity contribution in [3.8, 4) is 5.75 Å². The van der Waals surface area contributed by atoms with Gasteiger partial charge in [0, 0.05) is 24.9 Å². The summed E-state index contributed by atoms with van der Waals surface area (Å²) in [5, 5.41) is 5.70.